The zero-order chi connectivity index (χ0) is 18.5. The summed E-state index contributed by atoms with van der Waals surface area (Å²) in [6.07, 6.45) is 0.939. The Labute approximate surface area is 159 Å². The number of nitrogens with zero attached hydrogens (tertiary/aromatic N) is 2. The van der Waals surface area contributed by atoms with Gasteiger partial charge in [-0.2, -0.15) is 0 Å². The van der Waals surface area contributed by atoms with E-state index in [1.165, 1.54) is 0 Å². The van der Waals surface area contributed by atoms with Crippen LogP contribution in [0.25, 0.3) is 10.9 Å². The Kier molecular flexibility index (Phi) is 5.39. The average molecular weight is 364 g/mol. The molecular weight excluding hydrogens is 340 g/mol. The highest BCUT2D eigenvalue weighted by molar-refractivity contribution is 5.80. The fraction of sp³-hybridized carbons (Fsp3) is 0.318. The van der Waals surface area contributed by atoms with Crippen molar-refractivity contribution in [2.24, 2.45) is 0 Å². The molecule has 0 spiro atoms. The van der Waals surface area contributed by atoms with Crippen molar-refractivity contribution in [2.75, 3.05) is 33.4 Å². The lowest BCUT2D eigenvalue weighted by atomic mass is 10.1. The topological polar surface area (TPSA) is 43.8 Å². The van der Waals surface area contributed by atoms with Crippen molar-refractivity contribution in [3.63, 3.8) is 0 Å². The van der Waals surface area contributed by atoms with Gasteiger partial charge in [0.2, 0.25) is 5.88 Å². The fourth-order valence-corrected chi connectivity index (χ4v) is 3.37. The van der Waals surface area contributed by atoms with Crippen molar-refractivity contribution in [2.45, 2.75) is 13.0 Å². The van der Waals surface area contributed by atoms with Crippen LogP contribution in [0.2, 0.25) is 0 Å². The summed E-state index contributed by atoms with van der Waals surface area (Å²) < 4.78 is 17.1. The molecule has 0 bridgehead atoms. The van der Waals surface area contributed by atoms with E-state index in [1.807, 2.05) is 42.5 Å². The Balaban J connectivity index is 1.36. The van der Waals surface area contributed by atoms with Crippen LogP contribution in [0.15, 0.2) is 54.6 Å². The zero-order valence-corrected chi connectivity index (χ0v) is 15.6. The maximum Gasteiger partial charge on any atom is 0.218 e. The Bertz CT molecular complexity index is 913. The maximum absolute atomic E-state index is 5.89. The zero-order valence-electron chi connectivity index (χ0n) is 15.6. The van der Waals surface area contributed by atoms with E-state index in [4.69, 9.17) is 14.2 Å². The lowest BCUT2D eigenvalue weighted by Gasteiger charge is -2.19. The predicted molar refractivity (Wildman–Crippen MR) is 106 cm³/mol. The number of hydrogen-bond donors (Lipinski definition) is 0. The molecule has 3 aromatic rings. The maximum atomic E-state index is 5.89. The highest BCUT2D eigenvalue weighted by Gasteiger charge is 2.17. The number of ether oxygens (including phenoxy) is 3. The van der Waals surface area contributed by atoms with Gasteiger partial charge in [-0.25, -0.2) is 4.98 Å². The number of fused-ring (bicyclic) bond motifs is 2. The van der Waals surface area contributed by atoms with Crippen LogP contribution in [0.5, 0.6) is 17.4 Å². The van der Waals surface area contributed by atoms with Gasteiger partial charge in [-0.05, 0) is 30.7 Å². The highest BCUT2D eigenvalue weighted by atomic mass is 16.5. The SMILES string of the molecule is COc1ccccc1OCCCN1CCOc2nc3ccccc3cc2C1. The van der Waals surface area contributed by atoms with Crippen molar-refractivity contribution in [1.82, 2.24) is 9.88 Å². The summed E-state index contributed by atoms with van der Waals surface area (Å²) in [4.78, 5) is 7.07. The minimum absolute atomic E-state index is 0.653. The molecule has 1 aliphatic rings. The van der Waals surface area contributed by atoms with Crippen molar-refractivity contribution >= 4 is 10.9 Å². The van der Waals surface area contributed by atoms with Gasteiger partial charge in [-0.3, -0.25) is 4.90 Å². The first-order valence-electron chi connectivity index (χ1n) is 9.33. The molecule has 0 saturated carbocycles. The first-order valence-corrected chi connectivity index (χ1v) is 9.33. The number of aromatic nitrogens is 1. The third-order valence-electron chi connectivity index (χ3n) is 4.75. The molecule has 1 aliphatic heterocycles. The van der Waals surface area contributed by atoms with Gasteiger partial charge < -0.3 is 14.2 Å². The first-order chi connectivity index (χ1) is 13.3. The number of pyridine rings is 1. The Hall–Kier alpha value is -2.79. The molecule has 0 N–H and O–H groups in total. The second-order valence-electron chi connectivity index (χ2n) is 6.62. The molecule has 1 aromatic heterocycles. The largest absolute Gasteiger partial charge is 0.493 e. The summed E-state index contributed by atoms with van der Waals surface area (Å²) in [6.45, 7) is 4.00. The minimum atomic E-state index is 0.653. The van der Waals surface area contributed by atoms with Crippen molar-refractivity contribution in [1.29, 1.82) is 0 Å². The van der Waals surface area contributed by atoms with Crippen LogP contribution in [0.4, 0.5) is 0 Å². The third-order valence-corrected chi connectivity index (χ3v) is 4.75. The lowest BCUT2D eigenvalue weighted by Crippen LogP contribution is -2.27. The first kappa shape index (κ1) is 17.6. The molecule has 0 unspecified atom stereocenters. The predicted octanol–water partition coefficient (Wildman–Crippen LogP) is 3.91. The van der Waals surface area contributed by atoms with Gasteiger partial charge in [-0.15, -0.1) is 0 Å². The Morgan fingerprint density at radius 2 is 1.89 bits per heavy atom. The number of rotatable bonds is 6. The summed E-state index contributed by atoms with van der Waals surface area (Å²) in [6, 6.07) is 18.1. The van der Waals surface area contributed by atoms with E-state index < -0.39 is 0 Å². The van der Waals surface area contributed by atoms with E-state index in [1.54, 1.807) is 7.11 Å². The molecule has 0 fully saturated rings. The summed E-state index contributed by atoms with van der Waals surface area (Å²) >= 11 is 0. The van der Waals surface area contributed by atoms with Crippen molar-refractivity contribution in [3.05, 3.63) is 60.2 Å². The van der Waals surface area contributed by atoms with Crippen LogP contribution >= 0.6 is 0 Å². The Morgan fingerprint density at radius 3 is 2.78 bits per heavy atom. The number of hydrogen-bond acceptors (Lipinski definition) is 5. The smallest absolute Gasteiger partial charge is 0.218 e. The van der Waals surface area contributed by atoms with Crippen LogP contribution in [0.3, 0.4) is 0 Å². The van der Waals surface area contributed by atoms with E-state index in [0.29, 0.717) is 13.2 Å². The summed E-state index contributed by atoms with van der Waals surface area (Å²) in [7, 11) is 1.66. The molecule has 0 aliphatic carbocycles. The second-order valence-corrected chi connectivity index (χ2v) is 6.62. The standard InChI is InChI=1S/C22H24N2O3/c1-25-20-9-4-5-10-21(20)26-13-6-11-24-12-14-27-22-18(16-24)15-17-7-2-3-8-19(17)23-22/h2-5,7-10,15H,6,11-14,16H2,1H3. The number of benzene rings is 2. The van der Waals surface area contributed by atoms with Gasteiger partial charge in [0, 0.05) is 30.6 Å². The molecule has 5 heteroatoms. The Morgan fingerprint density at radius 1 is 1.07 bits per heavy atom. The van der Waals surface area contributed by atoms with Crippen LogP contribution in [0.1, 0.15) is 12.0 Å². The summed E-state index contributed by atoms with van der Waals surface area (Å²) in [5.41, 5.74) is 2.13. The average Bonchev–Trinajstić information content (AvgIpc) is 2.91. The molecule has 140 valence electrons. The molecule has 4 rings (SSSR count). The van der Waals surface area contributed by atoms with Gasteiger partial charge in [0.25, 0.3) is 0 Å². The summed E-state index contributed by atoms with van der Waals surface area (Å²) in [5, 5.41) is 1.15. The van der Waals surface area contributed by atoms with Gasteiger partial charge >= 0.3 is 0 Å². The number of para-hydroxylation sites is 3. The van der Waals surface area contributed by atoms with Gasteiger partial charge in [-0.1, -0.05) is 30.3 Å². The van der Waals surface area contributed by atoms with E-state index >= 15 is 0 Å². The lowest BCUT2D eigenvalue weighted by molar-refractivity contribution is 0.203. The van der Waals surface area contributed by atoms with Crippen LogP contribution in [-0.4, -0.2) is 43.3 Å². The summed E-state index contributed by atoms with van der Waals surface area (Å²) in [5.74, 6) is 2.33. The van der Waals surface area contributed by atoms with E-state index in [2.05, 4.69) is 22.0 Å². The van der Waals surface area contributed by atoms with Gasteiger partial charge in [0.15, 0.2) is 11.5 Å². The van der Waals surface area contributed by atoms with Gasteiger partial charge in [0.1, 0.15) is 6.61 Å². The molecule has 5 nitrogen and oxygen atoms in total. The monoisotopic (exact) mass is 364 g/mol. The van der Waals surface area contributed by atoms with Gasteiger partial charge in [0.05, 0.1) is 19.2 Å². The molecule has 0 amide bonds. The van der Waals surface area contributed by atoms with Crippen LogP contribution < -0.4 is 14.2 Å². The van der Waals surface area contributed by atoms with Crippen molar-refractivity contribution in [3.8, 4) is 17.4 Å². The molecule has 2 aromatic carbocycles. The minimum Gasteiger partial charge on any atom is -0.493 e. The molecular formula is C22H24N2O3. The van der Waals surface area contributed by atoms with E-state index in [9.17, 15) is 0 Å². The fourth-order valence-electron chi connectivity index (χ4n) is 3.37. The van der Waals surface area contributed by atoms with E-state index in [-0.39, 0.29) is 0 Å². The second kappa shape index (κ2) is 8.27. The van der Waals surface area contributed by atoms with Crippen LogP contribution in [-0.2, 0) is 6.54 Å². The normalized spacial score (nSPS) is 14.3. The molecule has 0 saturated heterocycles. The molecule has 0 radical (unpaired) electrons. The van der Waals surface area contributed by atoms with Crippen LogP contribution in [0, 0.1) is 0 Å². The quantitative estimate of drug-likeness (QED) is 0.621. The number of methoxy groups -OCH3 is 1. The highest BCUT2D eigenvalue weighted by Crippen LogP contribution is 2.27. The van der Waals surface area contributed by atoms with Crippen molar-refractivity contribution < 1.29 is 14.2 Å². The van der Waals surface area contributed by atoms with E-state index in [0.717, 1.165) is 59.9 Å². The molecule has 27 heavy (non-hydrogen) atoms. The molecule has 2 heterocycles. The third kappa shape index (κ3) is 4.14. The molecule has 0 atom stereocenters.